The van der Waals surface area contributed by atoms with Gasteiger partial charge in [0.25, 0.3) is 5.89 Å². The third kappa shape index (κ3) is 3.65. The van der Waals surface area contributed by atoms with Crippen LogP contribution in [0.2, 0.25) is 0 Å². The van der Waals surface area contributed by atoms with E-state index >= 15 is 0 Å². The molecule has 2 aliphatic rings. The van der Waals surface area contributed by atoms with Gasteiger partial charge in [0.1, 0.15) is 11.5 Å². The minimum absolute atomic E-state index is 0.100. The standard InChI is InChI=1S/C24H25N3O4/c1-29-18-10-16(11-19(13-18)30-2)24-25-23(26-31-24)17-12-22(28)27(14-17)21-9-5-7-15-6-3-4-8-20(15)21/h5,7,9-11,13,17H,3-4,6,8,12,14H2,1-2H3. The molecular formula is C24H25N3O4. The van der Waals surface area contributed by atoms with Crippen LogP contribution in [0.1, 0.15) is 42.1 Å². The molecule has 1 aliphatic heterocycles. The topological polar surface area (TPSA) is 77.7 Å². The quantitative estimate of drug-likeness (QED) is 0.618. The van der Waals surface area contributed by atoms with E-state index in [4.69, 9.17) is 14.0 Å². The molecule has 1 saturated heterocycles. The maximum Gasteiger partial charge on any atom is 0.258 e. The molecule has 1 amide bonds. The number of amides is 1. The Balaban J connectivity index is 1.40. The minimum atomic E-state index is -0.100. The normalized spacial score (nSPS) is 18.2. The molecule has 0 saturated carbocycles. The second kappa shape index (κ2) is 8.06. The lowest BCUT2D eigenvalue weighted by Crippen LogP contribution is -2.26. The van der Waals surface area contributed by atoms with E-state index in [1.807, 2.05) is 17.0 Å². The van der Waals surface area contributed by atoms with Crippen molar-refractivity contribution < 1.29 is 18.8 Å². The van der Waals surface area contributed by atoms with Crippen molar-refractivity contribution in [2.45, 2.75) is 38.0 Å². The minimum Gasteiger partial charge on any atom is -0.497 e. The molecule has 31 heavy (non-hydrogen) atoms. The summed E-state index contributed by atoms with van der Waals surface area (Å²) in [6.07, 6.45) is 4.89. The van der Waals surface area contributed by atoms with E-state index in [1.165, 1.54) is 24.0 Å². The summed E-state index contributed by atoms with van der Waals surface area (Å²) < 4.78 is 16.2. The first-order valence-corrected chi connectivity index (χ1v) is 10.6. The summed E-state index contributed by atoms with van der Waals surface area (Å²) in [6, 6.07) is 11.7. The summed E-state index contributed by atoms with van der Waals surface area (Å²) in [5.74, 6) is 2.23. The second-order valence-corrected chi connectivity index (χ2v) is 8.09. The molecule has 0 spiro atoms. The number of carbonyl (C=O) groups is 1. The molecule has 0 radical (unpaired) electrons. The number of fused-ring (bicyclic) bond motifs is 1. The third-order valence-electron chi connectivity index (χ3n) is 6.19. The molecule has 2 heterocycles. The Bertz CT molecular complexity index is 1100. The Hall–Kier alpha value is -3.35. The molecule has 1 aliphatic carbocycles. The number of methoxy groups -OCH3 is 2. The zero-order valence-corrected chi connectivity index (χ0v) is 17.8. The van der Waals surface area contributed by atoms with E-state index < -0.39 is 0 Å². The van der Waals surface area contributed by atoms with Crippen molar-refractivity contribution in [1.29, 1.82) is 0 Å². The van der Waals surface area contributed by atoms with Crippen LogP contribution in [0.3, 0.4) is 0 Å². The molecule has 0 N–H and O–H groups in total. The van der Waals surface area contributed by atoms with Crippen molar-refractivity contribution in [2.24, 2.45) is 0 Å². The van der Waals surface area contributed by atoms with Gasteiger partial charge in [-0.05, 0) is 55.0 Å². The Morgan fingerprint density at radius 3 is 2.61 bits per heavy atom. The van der Waals surface area contributed by atoms with Crippen molar-refractivity contribution in [3.63, 3.8) is 0 Å². The Morgan fingerprint density at radius 2 is 1.84 bits per heavy atom. The lowest BCUT2D eigenvalue weighted by molar-refractivity contribution is -0.117. The molecule has 7 heteroatoms. The van der Waals surface area contributed by atoms with Crippen molar-refractivity contribution in [2.75, 3.05) is 25.7 Å². The first-order valence-electron chi connectivity index (χ1n) is 10.6. The molecule has 0 bridgehead atoms. The first-order chi connectivity index (χ1) is 15.2. The molecule has 160 valence electrons. The number of hydrogen-bond donors (Lipinski definition) is 0. The largest absolute Gasteiger partial charge is 0.497 e. The van der Waals surface area contributed by atoms with Gasteiger partial charge in [-0.2, -0.15) is 4.98 Å². The lowest BCUT2D eigenvalue weighted by Gasteiger charge is -2.25. The van der Waals surface area contributed by atoms with E-state index in [0.717, 1.165) is 18.5 Å². The molecule has 5 rings (SSSR count). The van der Waals surface area contributed by atoms with Gasteiger partial charge in [0.15, 0.2) is 5.82 Å². The zero-order valence-electron chi connectivity index (χ0n) is 17.8. The van der Waals surface area contributed by atoms with Gasteiger partial charge in [0.05, 0.1) is 14.2 Å². The van der Waals surface area contributed by atoms with E-state index in [0.29, 0.717) is 41.7 Å². The molecule has 2 aromatic carbocycles. The van der Waals surface area contributed by atoms with E-state index in [-0.39, 0.29) is 11.8 Å². The predicted molar refractivity (Wildman–Crippen MR) is 116 cm³/mol. The highest BCUT2D eigenvalue weighted by Crippen LogP contribution is 2.37. The number of nitrogens with zero attached hydrogens (tertiary/aromatic N) is 3. The van der Waals surface area contributed by atoms with E-state index in [1.54, 1.807) is 20.3 Å². The average molecular weight is 419 g/mol. The highest BCUT2D eigenvalue weighted by atomic mass is 16.5. The van der Waals surface area contributed by atoms with Crippen LogP contribution in [-0.4, -0.2) is 36.8 Å². The molecule has 1 fully saturated rings. The zero-order chi connectivity index (χ0) is 21.4. The molecule has 7 nitrogen and oxygen atoms in total. The highest BCUT2D eigenvalue weighted by Gasteiger charge is 2.36. The van der Waals surface area contributed by atoms with Crippen LogP contribution in [-0.2, 0) is 17.6 Å². The van der Waals surface area contributed by atoms with Crippen LogP contribution in [0.15, 0.2) is 40.9 Å². The van der Waals surface area contributed by atoms with E-state index in [2.05, 4.69) is 28.3 Å². The number of aryl methyl sites for hydroxylation is 1. The van der Waals surface area contributed by atoms with Crippen LogP contribution in [0.25, 0.3) is 11.5 Å². The highest BCUT2D eigenvalue weighted by molar-refractivity contribution is 5.97. The van der Waals surface area contributed by atoms with Crippen LogP contribution in [0.5, 0.6) is 11.5 Å². The summed E-state index contributed by atoms with van der Waals surface area (Å²) >= 11 is 0. The molecule has 1 aromatic heterocycles. The fraction of sp³-hybridized carbons (Fsp3) is 0.375. The fourth-order valence-corrected chi connectivity index (χ4v) is 4.58. The number of benzene rings is 2. The summed E-state index contributed by atoms with van der Waals surface area (Å²) in [4.78, 5) is 19.4. The number of ether oxygens (including phenoxy) is 2. The van der Waals surface area contributed by atoms with Gasteiger partial charge >= 0.3 is 0 Å². The Morgan fingerprint density at radius 1 is 1.06 bits per heavy atom. The summed E-state index contributed by atoms with van der Waals surface area (Å²) in [7, 11) is 3.19. The van der Waals surface area contributed by atoms with Crippen molar-refractivity contribution >= 4 is 11.6 Å². The van der Waals surface area contributed by atoms with Gasteiger partial charge in [0, 0.05) is 36.2 Å². The van der Waals surface area contributed by atoms with Gasteiger partial charge in [-0.25, -0.2) is 0 Å². The van der Waals surface area contributed by atoms with Gasteiger partial charge < -0.3 is 18.9 Å². The average Bonchev–Trinajstić information content (AvgIpc) is 3.45. The monoisotopic (exact) mass is 419 g/mol. The van der Waals surface area contributed by atoms with Crippen LogP contribution >= 0.6 is 0 Å². The fourth-order valence-electron chi connectivity index (χ4n) is 4.58. The molecule has 1 unspecified atom stereocenters. The first kappa shape index (κ1) is 19.6. The smallest absolute Gasteiger partial charge is 0.258 e. The predicted octanol–water partition coefficient (Wildman–Crippen LogP) is 4.15. The van der Waals surface area contributed by atoms with Crippen molar-refractivity contribution in [3.05, 3.63) is 53.3 Å². The SMILES string of the molecule is COc1cc(OC)cc(-c2nc(C3CC(=O)N(c4cccc5c4CCCC5)C3)no2)c1. The van der Waals surface area contributed by atoms with Gasteiger partial charge in [-0.3, -0.25) is 4.79 Å². The number of aromatic nitrogens is 2. The van der Waals surface area contributed by atoms with E-state index in [9.17, 15) is 4.79 Å². The van der Waals surface area contributed by atoms with Crippen LogP contribution in [0, 0.1) is 0 Å². The van der Waals surface area contributed by atoms with Gasteiger partial charge in [-0.1, -0.05) is 17.3 Å². The molecule has 3 aromatic rings. The van der Waals surface area contributed by atoms with Crippen LogP contribution in [0.4, 0.5) is 5.69 Å². The van der Waals surface area contributed by atoms with Gasteiger partial charge in [-0.15, -0.1) is 0 Å². The third-order valence-corrected chi connectivity index (χ3v) is 6.19. The summed E-state index contributed by atoms with van der Waals surface area (Å²) in [5.41, 5.74) is 4.45. The number of rotatable bonds is 5. The van der Waals surface area contributed by atoms with Gasteiger partial charge in [0.2, 0.25) is 5.91 Å². The molecular weight excluding hydrogens is 394 g/mol. The summed E-state index contributed by atoms with van der Waals surface area (Å²) in [6.45, 7) is 0.565. The van der Waals surface area contributed by atoms with Crippen molar-refractivity contribution in [3.8, 4) is 23.0 Å². The second-order valence-electron chi connectivity index (χ2n) is 8.09. The Labute approximate surface area is 181 Å². The van der Waals surface area contributed by atoms with Crippen LogP contribution < -0.4 is 14.4 Å². The summed E-state index contributed by atoms with van der Waals surface area (Å²) in [5, 5.41) is 4.19. The number of anilines is 1. The maximum absolute atomic E-state index is 12.9. The lowest BCUT2D eigenvalue weighted by atomic mass is 9.90. The number of hydrogen-bond acceptors (Lipinski definition) is 6. The number of carbonyl (C=O) groups excluding carboxylic acids is 1. The van der Waals surface area contributed by atoms with Crippen molar-refractivity contribution in [1.82, 2.24) is 10.1 Å². The maximum atomic E-state index is 12.9. The molecule has 1 atom stereocenters. The Kier molecular flexibility index (Phi) is 5.10.